The summed E-state index contributed by atoms with van der Waals surface area (Å²) in [5.41, 5.74) is 1.60. The van der Waals surface area contributed by atoms with Gasteiger partial charge in [0.1, 0.15) is 5.75 Å². The highest BCUT2D eigenvalue weighted by Gasteiger charge is 2.24. The SMILES string of the molecule is CCCOc1ccc(C(=O)CCC(=O)NCC(c2ccc(OC)c(OC)c2)N2CCOCC2)cc1. The van der Waals surface area contributed by atoms with E-state index in [-0.39, 0.29) is 30.6 Å². The molecular weight excluding hydrogens is 448 g/mol. The third-order valence-electron chi connectivity index (χ3n) is 6.00. The smallest absolute Gasteiger partial charge is 0.220 e. The predicted molar refractivity (Wildman–Crippen MR) is 133 cm³/mol. The maximum atomic E-state index is 12.6. The quantitative estimate of drug-likeness (QED) is 0.435. The molecule has 0 aromatic heterocycles. The van der Waals surface area contributed by atoms with Crippen LogP contribution in [0.3, 0.4) is 0 Å². The molecule has 1 unspecified atom stereocenters. The van der Waals surface area contributed by atoms with E-state index in [0.29, 0.717) is 43.4 Å². The Kier molecular flexibility index (Phi) is 10.4. The van der Waals surface area contributed by atoms with Gasteiger partial charge in [0.05, 0.1) is 40.1 Å². The number of hydrogen-bond donors (Lipinski definition) is 1. The monoisotopic (exact) mass is 484 g/mol. The van der Waals surface area contributed by atoms with Crippen molar-refractivity contribution in [3.05, 3.63) is 53.6 Å². The second kappa shape index (κ2) is 13.7. The molecule has 3 rings (SSSR count). The Morgan fingerprint density at radius 1 is 1.00 bits per heavy atom. The van der Waals surface area contributed by atoms with Crippen molar-refractivity contribution in [2.75, 3.05) is 53.7 Å². The Labute approximate surface area is 207 Å². The van der Waals surface area contributed by atoms with Gasteiger partial charge in [-0.2, -0.15) is 0 Å². The largest absolute Gasteiger partial charge is 0.494 e. The normalized spacial score (nSPS) is 14.7. The summed E-state index contributed by atoms with van der Waals surface area (Å²) >= 11 is 0. The van der Waals surface area contributed by atoms with E-state index in [4.69, 9.17) is 18.9 Å². The van der Waals surface area contributed by atoms with E-state index in [1.54, 1.807) is 38.5 Å². The molecule has 0 spiro atoms. The van der Waals surface area contributed by atoms with Crippen LogP contribution in [0.25, 0.3) is 0 Å². The lowest BCUT2D eigenvalue weighted by atomic mass is 10.0. The summed E-state index contributed by atoms with van der Waals surface area (Å²) in [6, 6.07) is 12.8. The Balaban J connectivity index is 1.58. The van der Waals surface area contributed by atoms with Crippen LogP contribution in [0.1, 0.15) is 48.1 Å². The average Bonchev–Trinajstić information content (AvgIpc) is 2.91. The van der Waals surface area contributed by atoms with E-state index in [1.165, 1.54) is 0 Å². The van der Waals surface area contributed by atoms with Crippen LogP contribution in [0, 0.1) is 0 Å². The summed E-state index contributed by atoms with van der Waals surface area (Å²) < 4.78 is 21.9. The molecule has 1 amide bonds. The minimum atomic E-state index is -0.153. The highest BCUT2D eigenvalue weighted by Crippen LogP contribution is 2.32. The van der Waals surface area contributed by atoms with E-state index in [2.05, 4.69) is 10.2 Å². The number of methoxy groups -OCH3 is 2. The molecule has 1 heterocycles. The summed E-state index contributed by atoms with van der Waals surface area (Å²) in [5, 5.41) is 3.02. The molecule has 0 bridgehead atoms. The number of nitrogens with zero attached hydrogens (tertiary/aromatic N) is 1. The zero-order chi connectivity index (χ0) is 25.0. The standard InChI is InChI=1S/C27H36N2O6/c1-4-15-35-22-8-5-20(6-9-22)24(30)10-12-27(31)28-19-23(29-13-16-34-17-14-29)21-7-11-25(32-2)26(18-21)33-3/h5-9,11,18,23H,4,10,12-17,19H2,1-3H3,(H,28,31). The second-order valence-corrected chi connectivity index (χ2v) is 8.38. The number of ketones is 1. The van der Waals surface area contributed by atoms with E-state index in [9.17, 15) is 9.59 Å². The number of morpholine rings is 1. The average molecular weight is 485 g/mol. The number of ether oxygens (including phenoxy) is 4. The van der Waals surface area contributed by atoms with E-state index in [0.717, 1.165) is 30.8 Å². The molecule has 1 saturated heterocycles. The molecule has 0 aliphatic carbocycles. The molecule has 1 aliphatic heterocycles. The van der Waals surface area contributed by atoms with Gasteiger partial charge >= 0.3 is 0 Å². The van der Waals surface area contributed by atoms with Gasteiger partial charge in [-0.15, -0.1) is 0 Å². The molecule has 0 radical (unpaired) electrons. The first kappa shape index (κ1) is 26.5. The zero-order valence-electron chi connectivity index (χ0n) is 20.9. The Morgan fingerprint density at radius 2 is 1.71 bits per heavy atom. The van der Waals surface area contributed by atoms with Crippen molar-refractivity contribution in [2.24, 2.45) is 0 Å². The van der Waals surface area contributed by atoms with Crippen LogP contribution in [0.4, 0.5) is 0 Å². The summed E-state index contributed by atoms with van der Waals surface area (Å²) in [5.74, 6) is 1.83. The number of amides is 1. The van der Waals surface area contributed by atoms with Gasteiger partial charge < -0.3 is 24.3 Å². The topological polar surface area (TPSA) is 86.3 Å². The Bertz CT molecular complexity index is 957. The van der Waals surface area contributed by atoms with Gasteiger partial charge in [-0.05, 0) is 48.4 Å². The van der Waals surface area contributed by atoms with Crippen LogP contribution in [0.2, 0.25) is 0 Å². The molecule has 2 aromatic rings. The van der Waals surface area contributed by atoms with Crippen molar-refractivity contribution in [3.8, 4) is 17.2 Å². The molecule has 1 atom stereocenters. The molecule has 8 nitrogen and oxygen atoms in total. The predicted octanol–water partition coefficient (Wildman–Crippen LogP) is 3.65. The zero-order valence-corrected chi connectivity index (χ0v) is 20.9. The first-order valence-corrected chi connectivity index (χ1v) is 12.1. The first-order valence-electron chi connectivity index (χ1n) is 12.1. The maximum absolute atomic E-state index is 12.6. The lowest BCUT2D eigenvalue weighted by Crippen LogP contribution is -2.43. The van der Waals surface area contributed by atoms with Crippen LogP contribution in [-0.2, 0) is 9.53 Å². The van der Waals surface area contributed by atoms with E-state index >= 15 is 0 Å². The summed E-state index contributed by atoms with van der Waals surface area (Å²) in [6.07, 6.45) is 1.21. The number of Topliss-reactive ketones (excluding diaryl/α,β-unsaturated/α-hetero) is 1. The van der Waals surface area contributed by atoms with Crippen LogP contribution < -0.4 is 19.5 Å². The Hall–Kier alpha value is -3.10. The fourth-order valence-corrected chi connectivity index (χ4v) is 4.03. The minimum Gasteiger partial charge on any atom is -0.494 e. The van der Waals surface area contributed by atoms with Gasteiger partial charge in [-0.1, -0.05) is 13.0 Å². The first-order chi connectivity index (χ1) is 17.0. The van der Waals surface area contributed by atoms with Crippen molar-refractivity contribution in [2.45, 2.75) is 32.2 Å². The van der Waals surface area contributed by atoms with Crippen LogP contribution >= 0.6 is 0 Å². The van der Waals surface area contributed by atoms with Crippen molar-refractivity contribution in [1.29, 1.82) is 0 Å². The highest BCUT2D eigenvalue weighted by atomic mass is 16.5. The minimum absolute atomic E-state index is 0.0472. The molecule has 8 heteroatoms. The molecule has 1 fully saturated rings. The molecule has 1 N–H and O–H groups in total. The summed E-state index contributed by atoms with van der Waals surface area (Å²) in [7, 11) is 3.21. The van der Waals surface area contributed by atoms with Gasteiger partial charge in [-0.25, -0.2) is 0 Å². The van der Waals surface area contributed by atoms with Gasteiger partial charge in [0.2, 0.25) is 5.91 Å². The van der Waals surface area contributed by atoms with Gasteiger partial charge in [0, 0.05) is 38.0 Å². The van der Waals surface area contributed by atoms with Crippen LogP contribution in [0.5, 0.6) is 17.2 Å². The summed E-state index contributed by atoms with van der Waals surface area (Å²) in [6.45, 7) is 5.94. The number of benzene rings is 2. The van der Waals surface area contributed by atoms with Crippen LogP contribution in [-0.4, -0.2) is 70.3 Å². The summed E-state index contributed by atoms with van der Waals surface area (Å²) in [4.78, 5) is 27.5. The highest BCUT2D eigenvalue weighted by molar-refractivity contribution is 5.98. The molecule has 0 saturated carbocycles. The molecule has 35 heavy (non-hydrogen) atoms. The number of hydrogen-bond acceptors (Lipinski definition) is 7. The van der Waals surface area contributed by atoms with Crippen molar-refractivity contribution < 1.29 is 28.5 Å². The third kappa shape index (κ3) is 7.70. The lowest BCUT2D eigenvalue weighted by molar-refractivity contribution is -0.121. The lowest BCUT2D eigenvalue weighted by Gasteiger charge is -2.35. The second-order valence-electron chi connectivity index (χ2n) is 8.38. The van der Waals surface area contributed by atoms with Crippen molar-refractivity contribution in [3.63, 3.8) is 0 Å². The molecule has 1 aliphatic rings. The number of carbonyl (C=O) groups excluding carboxylic acids is 2. The van der Waals surface area contributed by atoms with Gasteiger partial charge in [-0.3, -0.25) is 14.5 Å². The Morgan fingerprint density at radius 3 is 2.37 bits per heavy atom. The van der Waals surface area contributed by atoms with Gasteiger partial charge in [0.25, 0.3) is 0 Å². The third-order valence-corrected chi connectivity index (χ3v) is 6.00. The fraction of sp³-hybridized carbons (Fsp3) is 0.481. The fourth-order valence-electron chi connectivity index (χ4n) is 4.03. The molecular formula is C27H36N2O6. The van der Waals surface area contributed by atoms with Crippen molar-refractivity contribution in [1.82, 2.24) is 10.2 Å². The molecule has 2 aromatic carbocycles. The number of carbonyl (C=O) groups is 2. The van der Waals surface area contributed by atoms with E-state index in [1.807, 2.05) is 25.1 Å². The molecule has 190 valence electrons. The van der Waals surface area contributed by atoms with Crippen LogP contribution in [0.15, 0.2) is 42.5 Å². The number of rotatable bonds is 13. The maximum Gasteiger partial charge on any atom is 0.220 e. The van der Waals surface area contributed by atoms with Crippen molar-refractivity contribution >= 4 is 11.7 Å². The number of nitrogens with one attached hydrogen (secondary N) is 1. The van der Waals surface area contributed by atoms with Gasteiger partial charge in [0.15, 0.2) is 17.3 Å². The van der Waals surface area contributed by atoms with E-state index < -0.39 is 0 Å².